The van der Waals surface area contributed by atoms with Crippen molar-refractivity contribution in [3.05, 3.63) is 91.0 Å². The van der Waals surface area contributed by atoms with Crippen LogP contribution in [0.15, 0.2) is 91.0 Å². The van der Waals surface area contributed by atoms with Crippen molar-refractivity contribution in [1.29, 1.82) is 0 Å². The fraction of sp³-hybridized carbons (Fsp3) is 0. The van der Waals surface area contributed by atoms with Gasteiger partial charge in [0.25, 0.3) is 0 Å². The number of nitrogens with zero attached hydrogens (tertiary/aromatic N) is 1. The van der Waals surface area contributed by atoms with Crippen LogP contribution in [0.25, 0.3) is 0 Å². The van der Waals surface area contributed by atoms with E-state index in [1.165, 1.54) is 17.1 Å². The minimum atomic E-state index is 0. The highest BCUT2D eigenvalue weighted by molar-refractivity contribution is 6.13. The first-order valence-corrected chi connectivity index (χ1v) is 7.44. The quantitative estimate of drug-likeness (QED) is 0.552. The highest BCUT2D eigenvalue weighted by atomic mass is 16.4. The number of anilines is 3. The van der Waals surface area contributed by atoms with E-state index in [9.17, 15) is 0 Å². The van der Waals surface area contributed by atoms with Gasteiger partial charge in [0, 0.05) is 17.1 Å². The second kappa shape index (κ2) is 12.8. The molecule has 0 fully saturated rings. The molecule has 0 aliphatic carbocycles. The molecule has 0 unspecified atom stereocenters. The summed E-state index contributed by atoms with van der Waals surface area (Å²) in [7, 11) is 0. The number of para-hydroxylation sites is 3. The minimum absolute atomic E-state index is 0. The van der Waals surface area contributed by atoms with Crippen LogP contribution >= 0.6 is 0 Å². The van der Waals surface area contributed by atoms with Crippen molar-refractivity contribution in [2.24, 2.45) is 0 Å². The highest BCUT2D eigenvalue weighted by Gasteiger charge is 2.10. The Morgan fingerprint density at radius 1 is 0.440 bits per heavy atom. The van der Waals surface area contributed by atoms with Gasteiger partial charge in [-0.3, -0.25) is 0 Å². The molecule has 25 heavy (non-hydrogen) atoms. The molecule has 4 N–H and O–H groups in total. The SMILES string of the molecule is O[B]O.O[B]O.c1ccc(N(c2ccccc2)c2ccccc2)cc1. The molecule has 3 aromatic carbocycles. The molecule has 126 valence electrons. The van der Waals surface area contributed by atoms with Crippen LogP contribution in [0.5, 0.6) is 0 Å². The lowest BCUT2D eigenvalue weighted by Crippen LogP contribution is -2.09. The molecular weight excluding hydrogens is 316 g/mol. The molecule has 3 rings (SSSR count). The molecule has 0 atom stereocenters. The summed E-state index contributed by atoms with van der Waals surface area (Å²) in [5.74, 6) is 0. The van der Waals surface area contributed by atoms with Crippen molar-refractivity contribution in [2.75, 3.05) is 4.90 Å². The van der Waals surface area contributed by atoms with Crippen molar-refractivity contribution in [3.63, 3.8) is 0 Å². The molecule has 2 radical (unpaired) electrons. The molecule has 0 saturated carbocycles. The van der Waals surface area contributed by atoms with Crippen LogP contribution in [0.3, 0.4) is 0 Å². The summed E-state index contributed by atoms with van der Waals surface area (Å²) in [4.78, 5) is 2.25. The van der Waals surface area contributed by atoms with E-state index >= 15 is 0 Å². The lowest BCUT2D eigenvalue weighted by molar-refractivity contribution is 0.447. The van der Waals surface area contributed by atoms with E-state index in [2.05, 4.69) is 77.7 Å². The Labute approximate surface area is 149 Å². The van der Waals surface area contributed by atoms with E-state index in [0.29, 0.717) is 0 Å². The summed E-state index contributed by atoms with van der Waals surface area (Å²) in [5.41, 5.74) is 3.50. The zero-order valence-corrected chi connectivity index (χ0v) is 13.6. The van der Waals surface area contributed by atoms with E-state index in [0.717, 1.165) is 0 Å². The molecule has 0 aliphatic rings. The molecule has 0 bridgehead atoms. The normalized spacial score (nSPS) is 8.80. The van der Waals surface area contributed by atoms with E-state index in [1.54, 1.807) is 0 Å². The second-order valence-electron chi connectivity index (χ2n) is 4.57. The standard InChI is InChI=1S/C18H15N.2BH2O2/c1-4-10-16(11-5-1)19(17-12-6-2-7-13-17)18-14-8-3-9-15-18;2*2-1-3/h1-15H;2*2-3H. The average molecular weight is 335 g/mol. The Hall–Kier alpha value is -2.57. The zero-order chi connectivity index (χ0) is 18.3. The Morgan fingerprint density at radius 3 is 0.840 bits per heavy atom. The van der Waals surface area contributed by atoms with E-state index in [1.807, 2.05) is 18.2 Å². The molecular formula is C18H19B2NO4. The van der Waals surface area contributed by atoms with Gasteiger partial charge < -0.3 is 25.0 Å². The molecule has 0 heterocycles. The van der Waals surface area contributed by atoms with Crippen LogP contribution in [-0.4, -0.2) is 35.5 Å². The predicted molar refractivity (Wildman–Crippen MR) is 102 cm³/mol. The average Bonchev–Trinajstić information content (AvgIpc) is 2.66. The summed E-state index contributed by atoms with van der Waals surface area (Å²) in [5, 5.41) is 28.0. The number of rotatable bonds is 3. The maximum absolute atomic E-state index is 7.00. The molecule has 0 saturated heterocycles. The number of benzene rings is 3. The third-order valence-electron chi connectivity index (χ3n) is 3.04. The predicted octanol–water partition coefficient (Wildman–Crippen LogP) is 2.17. The van der Waals surface area contributed by atoms with Crippen molar-refractivity contribution < 1.29 is 20.1 Å². The van der Waals surface area contributed by atoms with Crippen molar-refractivity contribution >= 4 is 32.4 Å². The first kappa shape index (κ1) is 20.5. The van der Waals surface area contributed by atoms with Gasteiger partial charge in [-0.15, -0.1) is 0 Å². The molecule has 0 amide bonds. The zero-order valence-electron chi connectivity index (χ0n) is 13.6. The lowest BCUT2D eigenvalue weighted by Gasteiger charge is -2.25. The maximum atomic E-state index is 7.00. The molecule has 3 aromatic rings. The first-order chi connectivity index (χ1) is 12.3. The van der Waals surface area contributed by atoms with E-state index < -0.39 is 0 Å². The Balaban J connectivity index is 0.000000460. The molecule has 0 spiro atoms. The minimum Gasteiger partial charge on any atom is -0.429 e. The van der Waals surface area contributed by atoms with Gasteiger partial charge in [0.1, 0.15) is 0 Å². The summed E-state index contributed by atoms with van der Waals surface area (Å²) in [6, 6.07) is 31.3. The van der Waals surface area contributed by atoms with Crippen LogP contribution in [0, 0.1) is 0 Å². The third-order valence-corrected chi connectivity index (χ3v) is 3.04. The van der Waals surface area contributed by atoms with E-state index in [4.69, 9.17) is 20.1 Å². The summed E-state index contributed by atoms with van der Waals surface area (Å²) >= 11 is 0. The van der Waals surface area contributed by atoms with Gasteiger partial charge in [-0.25, -0.2) is 0 Å². The monoisotopic (exact) mass is 335 g/mol. The van der Waals surface area contributed by atoms with Crippen LogP contribution < -0.4 is 4.90 Å². The van der Waals surface area contributed by atoms with Crippen LogP contribution in [-0.2, 0) is 0 Å². The van der Waals surface area contributed by atoms with Crippen LogP contribution in [0.1, 0.15) is 0 Å². The van der Waals surface area contributed by atoms with Crippen molar-refractivity contribution in [3.8, 4) is 0 Å². The highest BCUT2D eigenvalue weighted by Crippen LogP contribution is 2.33. The summed E-state index contributed by atoms with van der Waals surface area (Å²) < 4.78 is 0. The third kappa shape index (κ3) is 7.24. The van der Waals surface area contributed by atoms with Gasteiger partial charge in [0.2, 0.25) is 0 Å². The van der Waals surface area contributed by atoms with Gasteiger partial charge in [-0.2, -0.15) is 0 Å². The Bertz CT molecular complexity index is 577. The Morgan fingerprint density at radius 2 is 0.640 bits per heavy atom. The Kier molecular flexibility index (Phi) is 10.5. The topological polar surface area (TPSA) is 84.2 Å². The van der Waals surface area contributed by atoms with Gasteiger partial charge in [-0.05, 0) is 36.4 Å². The maximum Gasteiger partial charge on any atom is 0.482 e. The smallest absolute Gasteiger partial charge is 0.429 e. The molecule has 7 heteroatoms. The van der Waals surface area contributed by atoms with Gasteiger partial charge >= 0.3 is 15.4 Å². The number of hydrogen-bond donors (Lipinski definition) is 4. The molecule has 5 nitrogen and oxygen atoms in total. The first-order valence-electron chi connectivity index (χ1n) is 7.44. The van der Waals surface area contributed by atoms with Gasteiger partial charge in [0.15, 0.2) is 0 Å². The fourth-order valence-corrected chi connectivity index (χ4v) is 2.18. The van der Waals surface area contributed by atoms with E-state index in [-0.39, 0.29) is 15.4 Å². The molecule has 0 aliphatic heterocycles. The summed E-state index contributed by atoms with van der Waals surface area (Å²) in [6.45, 7) is 0. The fourth-order valence-electron chi connectivity index (χ4n) is 2.18. The lowest BCUT2D eigenvalue weighted by atomic mass is 10.2. The van der Waals surface area contributed by atoms with Gasteiger partial charge in [0.05, 0.1) is 0 Å². The van der Waals surface area contributed by atoms with Crippen LogP contribution in [0.4, 0.5) is 17.1 Å². The van der Waals surface area contributed by atoms with Gasteiger partial charge in [-0.1, -0.05) is 54.6 Å². The van der Waals surface area contributed by atoms with Crippen molar-refractivity contribution in [1.82, 2.24) is 0 Å². The van der Waals surface area contributed by atoms with Crippen molar-refractivity contribution in [2.45, 2.75) is 0 Å². The second-order valence-corrected chi connectivity index (χ2v) is 4.57. The largest absolute Gasteiger partial charge is 0.482 e. The summed E-state index contributed by atoms with van der Waals surface area (Å²) in [6.07, 6.45) is 0. The molecule has 0 aromatic heterocycles. The number of hydrogen-bond acceptors (Lipinski definition) is 5. The van der Waals surface area contributed by atoms with Crippen LogP contribution in [0.2, 0.25) is 0 Å².